The zero-order valence-corrected chi connectivity index (χ0v) is 17.6. The smallest absolute Gasteiger partial charge is 0.261 e. The molecule has 2 heterocycles. The highest BCUT2D eigenvalue weighted by molar-refractivity contribution is 7.26. The van der Waals surface area contributed by atoms with Crippen molar-refractivity contribution in [3.8, 4) is 9.88 Å². The second-order valence-corrected chi connectivity index (χ2v) is 8.84. The van der Waals surface area contributed by atoms with Crippen LogP contribution in [-0.2, 0) is 6.54 Å². The van der Waals surface area contributed by atoms with Crippen LogP contribution >= 0.6 is 22.7 Å². The number of thiazole rings is 1. The fourth-order valence-electron chi connectivity index (χ4n) is 2.85. The zero-order chi connectivity index (χ0) is 20.4. The van der Waals surface area contributed by atoms with Crippen LogP contribution in [0.15, 0.2) is 60.7 Å². The van der Waals surface area contributed by atoms with E-state index in [4.69, 9.17) is 0 Å². The lowest BCUT2D eigenvalue weighted by atomic mass is 10.1. The largest absolute Gasteiger partial charge is 0.347 e. The van der Waals surface area contributed by atoms with Gasteiger partial charge in [-0.25, -0.2) is 4.98 Å². The van der Waals surface area contributed by atoms with E-state index in [0.29, 0.717) is 17.0 Å². The fourth-order valence-corrected chi connectivity index (χ4v) is 4.79. The van der Waals surface area contributed by atoms with Gasteiger partial charge in [0.15, 0.2) is 0 Å². The van der Waals surface area contributed by atoms with Gasteiger partial charge in [-0.15, -0.1) is 22.7 Å². The third-order valence-electron chi connectivity index (χ3n) is 4.39. The summed E-state index contributed by atoms with van der Waals surface area (Å²) in [5.41, 5.74) is 2.54. The third-order valence-corrected chi connectivity index (χ3v) is 6.68. The predicted octanol–water partition coefficient (Wildman–Crippen LogP) is 4.66. The molecule has 0 radical (unpaired) electrons. The molecule has 2 amide bonds. The van der Waals surface area contributed by atoms with Crippen LogP contribution in [0.2, 0.25) is 0 Å². The topological polar surface area (TPSA) is 62.3 Å². The first-order chi connectivity index (χ1) is 14.0. The Balaban J connectivity index is 1.41. The average Bonchev–Trinajstić information content (AvgIpc) is 3.38. The molecule has 2 aromatic carbocycles. The molecule has 0 bridgehead atoms. The van der Waals surface area contributed by atoms with Crippen LogP contribution in [0.1, 0.15) is 25.6 Å². The first kappa shape index (κ1) is 19.3. The highest BCUT2D eigenvalue weighted by Gasteiger charge is 2.13. The minimum atomic E-state index is -0.115. The minimum Gasteiger partial charge on any atom is -0.347 e. The molecular weight excluding hydrogens is 402 g/mol. The summed E-state index contributed by atoms with van der Waals surface area (Å²) in [4.78, 5) is 32.3. The van der Waals surface area contributed by atoms with E-state index in [0.717, 1.165) is 25.7 Å². The molecule has 7 heteroatoms. The fraction of sp³-hybridized carbons (Fsp3) is 0.136. The molecule has 146 valence electrons. The Kier molecular flexibility index (Phi) is 5.42. The Morgan fingerprint density at radius 2 is 1.72 bits per heavy atom. The van der Waals surface area contributed by atoms with Crippen molar-refractivity contribution >= 4 is 44.7 Å². The maximum absolute atomic E-state index is 12.5. The van der Waals surface area contributed by atoms with E-state index < -0.39 is 0 Å². The van der Waals surface area contributed by atoms with E-state index in [-0.39, 0.29) is 11.8 Å². The molecule has 0 aliphatic rings. The summed E-state index contributed by atoms with van der Waals surface area (Å²) in [5.74, 6) is -0.155. The van der Waals surface area contributed by atoms with Crippen molar-refractivity contribution in [1.82, 2.24) is 15.2 Å². The van der Waals surface area contributed by atoms with Crippen molar-refractivity contribution in [2.24, 2.45) is 0 Å². The lowest BCUT2D eigenvalue weighted by molar-refractivity contribution is 0.0827. The van der Waals surface area contributed by atoms with E-state index in [2.05, 4.69) is 16.4 Å². The van der Waals surface area contributed by atoms with Crippen LogP contribution in [0.25, 0.3) is 20.1 Å². The van der Waals surface area contributed by atoms with Crippen molar-refractivity contribution < 1.29 is 9.59 Å². The number of nitrogens with one attached hydrogen (secondary N) is 1. The number of hydrogen-bond acceptors (Lipinski definition) is 5. The van der Waals surface area contributed by atoms with E-state index in [1.165, 1.54) is 16.2 Å². The number of hydrogen-bond donors (Lipinski definition) is 1. The Labute approximate surface area is 176 Å². The number of carbonyl (C=O) groups is 2. The van der Waals surface area contributed by atoms with Gasteiger partial charge in [0.2, 0.25) is 0 Å². The molecule has 29 heavy (non-hydrogen) atoms. The first-order valence-electron chi connectivity index (χ1n) is 9.06. The highest BCUT2D eigenvalue weighted by atomic mass is 32.1. The van der Waals surface area contributed by atoms with Crippen molar-refractivity contribution in [2.45, 2.75) is 6.54 Å². The molecule has 0 spiro atoms. The summed E-state index contributed by atoms with van der Waals surface area (Å²) in [6, 6.07) is 19.1. The maximum Gasteiger partial charge on any atom is 0.261 e. The van der Waals surface area contributed by atoms with Gasteiger partial charge >= 0.3 is 0 Å². The van der Waals surface area contributed by atoms with Crippen molar-refractivity contribution in [1.29, 1.82) is 0 Å². The molecule has 5 nitrogen and oxygen atoms in total. The van der Waals surface area contributed by atoms with E-state index in [1.807, 2.05) is 42.5 Å². The van der Waals surface area contributed by atoms with Crippen LogP contribution < -0.4 is 5.32 Å². The molecule has 0 atom stereocenters. The molecule has 0 fully saturated rings. The second-order valence-electron chi connectivity index (χ2n) is 6.73. The molecular formula is C22H19N3O2S2. The summed E-state index contributed by atoms with van der Waals surface area (Å²) < 4.78 is 1.14. The summed E-state index contributed by atoms with van der Waals surface area (Å²) >= 11 is 3.07. The standard InChI is InChI=1S/C22H19N3O2S2/c1-25(2)22(27)15-9-7-14(8-10-15)13-23-20(26)18-11-12-19(28-18)21-24-16-5-3-4-6-17(16)29-21/h3-12H,13H2,1-2H3,(H,23,26). The quantitative estimate of drug-likeness (QED) is 0.510. The van der Waals surface area contributed by atoms with Gasteiger partial charge in [-0.1, -0.05) is 24.3 Å². The normalized spacial score (nSPS) is 10.8. The third kappa shape index (κ3) is 4.21. The summed E-state index contributed by atoms with van der Waals surface area (Å²) in [5, 5.41) is 3.86. The van der Waals surface area contributed by atoms with Crippen molar-refractivity contribution in [3.63, 3.8) is 0 Å². The molecule has 0 unspecified atom stereocenters. The van der Waals surface area contributed by atoms with Crippen LogP contribution in [0.3, 0.4) is 0 Å². The number of fused-ring (bicyclic) bond motifs is 1. The number of aromatic nitrogens is 1. The number of nitrogens with zero attached hydrogens (tertiary/aromatic N) is 2. The predicted molar refractivity (Wildman–Crippen MR) is 119 cm³/mol. The van der Waals surface area contributed by atoms with Gasteiger partial charge < -0.3 is 10.2 Å². The number of benzene rings is 2. The van der Waals surface area contributed by atoms with Gasteiger partial charge in [0, 0.05) is 26.2 Å². The van der Waals surface area contributed by atoms with Crippen molar-refractivity contribution in [2.75, 3.05) is 14.1 Å². The molecule has 0 saturated carbocycles. The molecule has 1 N–H and O–H groups in total. The Bertz CT molecular complexity index is 1140. The SMILES string of the molecule is CN(C)C(=O)c1ccc(CNC(=O)c2ccc(-c3nc4ccccc4s3)s2)cc1. The lowest BCUT2D eigenvalue weighted by Gasteiger charge is -2.10. The van der Waals surface area contributed by atoms with E-state index in [1.54, 1.807) is 37.6 Å². The number of rotatable bonds is 5. The molecule has 0 saturated heterocycles. The van der Waals surface area contributed by atoms with Crippen LogP contribution in [0.4, 0.5) is 0 Å². The number of thiophene rings is 1. The van der Waals surface area contributed by atoms with Crippen LogP contribution in [0, 0.1) is 0 Å². The average molecular weight is 422 g/mol. The molecule has 4 rings (SSSR count). The number of para-hydroxylation sites is 1. The molecule has 2 aromatic heterocycles. The van der Waals surface area contributed by atoms with Crippen LogP contribution in [0.5, 0.6) is 0 Å². The summed E-state index contributed by atoms with van der Waals surface area (Å²) in [6.07, 6.45) is 0. The molecule has 0 aliphatic carbocycles. The van der Waals surface area contributed by atoms with Gasteiger partial charge in [0.25, 0.3) is 11.8 Å². The molecule has 4 aromatic rings. The monoisotopic (exact) mass is 421 g/mol. The Morgan fingerprint density at radius 3 is 2.45 bits per heavy atom. The van der Waals surface area contributed by atoms with E-state index in [9.17, 15) is 9.59 Å². The van der Waals surface area contributed by atoms with Gasteiger partial charge in [-0.3, -0.25) is 9.59 Å². The Hall–Kier alpha value is -3.03. The zero-order valence-electron chi connectivity index (χ0n) is 16.0. The molecule has 0 aliphatic heterocycles. The van der Waals surface area contributed by atoms with Crippen molar-refractivity contribution in [3.05, 3.63) is 76.7 Å². The summed E-state index contributed by atoms with van der Waals surface area (Å²) in [7, 11) is 3.44. The van der Waals surface area contributed by atoms with Gasteiger partial charge in [-0.2, -0.15) is 0 Å². The summed E-state index contributed by atoms with van der Waals surface area (Å²) in [6.45, 7) is 0.406. The lowest BCUT2D eigenvalue weighted by Crippen LogP contribution is -2.23. The van der Waals surface area contributed by atoms with E-state index >= 15 is 0 Å². The number of carbonyl (C=O) groups excluding carboxylic acids is 2. The first-order valence-corrected chi connectivity index (χ1v) is 10.7. The number of amides is 2. The second kappa shape index (κ2) is 8.14. The van der Waals surface area contributed by atoms with Crippen LogP contribution in [-0.4, -0.2) is 35.8 Å². The Morgan fingerprint density at radius 1 is 0.966 bits per heavy atom. The van der Waals surface area contributed by atoms with Gasteiger partial charge in [-0.05, 0) is 42.0 Å². The van der Waals surface area contributed by atoms with Gasteiger partial charge in [0.1, 0.15) is 5.01 Å². The minimum absolute atomic E-state index is 0.0402. The maximum atomic E-state index is 12.5. The highest BCUT2D eigenvalue weighted by Crippen LogP contribution is 2.34. The van der Waals surface area contributed by atoms with Gasteiger partial charge in [0.05, 0.1) is 20.0 Å².